The largest absolute Gasteiger partial charge is 0.402 e. The van der Waals surface area contributed by atoms with Gasteiger partial charge in [-0.2, -0.15) is 17.5 Å². The number of aliphatic hydroxyl groups is 1. The van der Waals surface area contributed by atoms with E-state index in [1.165, 1.54) is 18.2 Å². The van der Waals surface area contributed by atoms with Gasteiger partial charge in [0.2, 0.25) is 10.0 Å². The summed E-state index contributed by atoms with van der Waals surface area (Å²) < 4.78 is 61.7. The summed E-state index contributed by atoms with van der Waals surface area (Å²) in [5.41, 5.74) is 0. The lowest BCUT2D eigenvalue weighted by molar-refractivity contribution is -0.136. The molecular formula is C10H11BrF3NO3S. The fraction of sp³-hybridized carbons (Fsp3) is 0.400. The smallest absolute Gasteiger partial charge is 0.395 e. The molecule has 1 aromatic rings. The Hall–Kier alpha value is -0.640. The van der Waals surface area contributed by atoms with Crippen LogP contribution in [-0.4, -0.2) is 43.7 Å². The third-order valence-corrected chi connectivity index (χ3v) is 5.02. The van der Waals surface area contributed by atoms with Crippen molar-refractivity contribution in [3.8, 4) is 0 Å². The summed E-state index contributed by atoms with van der Waals surface area (Å²) in [7, 11) is -4.32. The van der Waals surface area contributed by atoms with Gasteiger partial charge in [0, 0.05) is 11.0 Å². The number of sulfonamides is 1. The molecule has 1 N–H and O–H groups in total. The highest BCUT2D eigenvalue weighted by Gasteiger charge is 2.37. The van der Waals surface area contributed by atoms with Crippen molar-refractivity contribution in [2.24, 2.45) is 0 Å². The molecule has 0 aromatic heterocycles. The Kier molecular flexibility index (Phi) is 5.36. The van der Waals surface area contributed by atoms with E-state index >= 15 is 0 Å². The van der Waals surface area contributed by atoms with Gasteiger partial charge in [-0.15, -0.1) is 0 Å². The van der Waals surface area contributed by atoms with Gasteiger partial charge in [0.15, 0.2) is 0 Å². The van der Waals surface area contributed by atoms with Crippen molar-refractivity contribution < 1.29 is 26.7 Å². The monoisotopic (exact) mass is 361 g/mol. The Morgan fingerprint density at radius 3 is 2.32 bits per heavy atom. The topological polar surface area (TPSA) is 57.6 Å². The molecule has 1 aromatic carbocycles. The SMILES string of the molecule is O=S(=O)(c1ccccc1Br)N(CCO)CC(F)(F)F. The number of halogens is 4. The van der Waals surface area contributed by atoms with Crippen LogP contribution in [0, 0.1) is 0 Å². The van der Waals surface area contributed by atoms with Crippen LogP contribution in [0.1, 0.15) is 0 Å². The lowest BCUT2D eigenvalue weighted by Gasteiger charge is -2.23. The van der Waals surface area contributed by atoms with Crippen LogP contribution >= 0.6 is 15.9 Å². The van der Waals surface area contributed by atoms with E-state index in [4.69, 9.17) is 5.11 Å². The molecule has 0 spiro atoms. The quantitative estimate of drug-likeness (QED) is 0.872. The van der Waals surface area contributed by atoms with Crippen LogP contribution in [0.2, 0.25) is 0 Å². The maximum absolute atomic E-state index is 12.4. The average molecular weight is 362 g/mol. The van der Waals surface area contributed by atoms with Crippen molar-refractivity contribution in [1.82, 2.24) is 4.31 Å². The summed E-state index contributed by atoms with van der Waals surface area (Å²) in [6.45, 7) is -2.96. The molecule has 0 atom stereocenters. The van der Waals surface area contributed by atoms with Crippen LogP contribution in [0.4, 0.5) is 13.2 Å². The molecule has 0 aliphatic heterocycles. The van der Waals surface area contributed by atoms with E-state index < -0.39 is 35.9 Å². The minimum Gasteiger partial charge on any atom is -0.395 e. The lowest BCUT2D eigenvalue weighted by atomic mass is 10.4. The third kappa shape index (κ3) is 4.44. The van der Waals surface area contributed by atoms with E-state index in [0.717, 1.165) is 0 Å². The van der Waals surface area contributed by atoms with Gasteiger partial charge in [-0.3, -0.25) is 0 Å². The van der Waals surface area contributed by atoms with E-state index in [-0.39, 0.29) is 13.7 Å². The van der Waals surface area contributed by atoms with Crippen LogP contribution in [0.5, 0.6) is 0 Å². The summed E-state index contributed by atoms with van der Waals surface area (Å²) in [6, 6.07) is 5.56. The Bertz CT molecular complexity index is 533. The fourth-order valence-corrected chi connectivity index (χ4v) is 3.77. The molecular weight excluding hydrogens is 351 g/mol. The van der Waals surface area contributed by atoms with Crippen molar-refractivity contribution in [2.45, 2.75) is 11.1 Å². The Balaban J connectivity index is 3.17. The predicted molar refractivity (Wildman–Crippen MR) is 66.0 cm³/mol. The molecule has 0 radical (unpaired) electrons. The number of hydrogen-bond donors (Lipinski definition) is 1. The molecule has 0 fully saturated rings. The van der Waals surface area contributed by atoms with Crippen LogP contribution in [0.3, 0.4) is 0 Å². The van der Waals surface area contributed by atoms with Gasteiger partial charge in [0.25, 0.3) is 0 Å². The van der Waals surface area contributed by atoms with E-state index in [1.807, 2.05) is 0 Å². The molecule has 0 unspecified atom stereocenters. The Morgan fingerprint density at radius 2 is 1.84 bits per heavy atom. The predicted octanol–water partition coefficient (Wildman–Crippen LogP) is 1.99. The van der Waals surface area contributed by atoms with Gasteiger partial charge in [-0.05, 0) is 28.1 Å². The number of hydrogen-bond acceptors (Lipinski definition) is 3. The van der Waals surface area contributed by atoms with Gasteiger partial charge in [0.1, 0.15) is 6.54 Å². The molecule has 0 saturated heterocycles. The average Bonchev–Trinajstić information content (AvgIpc) is 2.27. The molecule has 4 nitrogen and oxygen atoms in total. The molecule has 0 aliphatic rings. The van der Waals surface area contributed by atoms with Gasteiger partial charge in [-0.1, -0.05) is 12.1 Å². The summed E-state index contributed by atoms with van der Waals surface area (Å²) in [4.78, 5) is -0.271. The highest BCUT2D eigenvalue weighted by molar-refractivity contribution is 9.10. The lowest BCUT2D eigenvalue weighted by Crippen LogP contribution is -2.40. The zero-order valence-corrected chi connectivity index (χ0v) is 12.0. The Labute approximate surface area is 117 Å². The van der Waals surface area contributed by atoms with Crippen molar-refractivity contribution >= 4 is 26.0 Å². The number of benzene rings is 1. The first-order valence-corrected chi connectivity index (χ1v) is 7.34. The third-order valence-electron chi connectivity index (χ3n) is 2.16. The molecule has 9 heteroatoms. The minimum atomic E-state index is -4.68. The number of aliphatic hydroxyl groups excluding tert-OH is 1. The summed E-state index contributed by atoms with van der Waals surface area (Å²) in [5, 5.41) is 8.73. The number of nitrogens with zero attached hydrogens (tertiary/aromatic N) is 1. The molecule has 108 valence electrons. The van der Waals surface area contributed by atoms with Gasteiger partial charge < -0.3 is 5.11 Å². The molecule has 19 heavy (non-hydrogen) atoms. The van der Waals surface area contributed by atoms with E-state index in [0.29, 0.717) is 0 Å². The first kappa shape index (κ1) is 16.4. The number of rotatable bonds is 5. The van der Waals surface area contributed by atoms with Gasteiger partial charge >= 0.3 is 6.18 Å². The maximum Gasteiger partial charge on any atom is 0.402 e. The van der Waals surface area contributed by atoms with Crippen LogP contribution in [-0.2, 0) is 10.0 Å². The molecule has 0 heterocycles. The molecule has 0 aliphatic carbocycles. The molecule has 0 saturated carbocycles. The maximum atomic E-state index is 12.4. The molecule has 0 amide bonds. The van der Waals surface area contributed by atoms with Gasteiger partial charge in [-0.25, -0.2) is 8.42 Å². The zero-order chi connectivity index (χ0) is 14.7. The van der Waals surface area contributed by atoms with Gasteiger partial charge in [0.05, 0.1) is 11.5 Å². The van der Waals surface area contributed by atoms with Crippen LogP contribution in [0.25, 0.3) is 0 Å². The molecule has 1 rings (SSSR count). The van der Waals surface area contributed by atoms with E-state index in [9.17, 15) is 21.6 Å². The fourth-order valence-electron chi connectivity index (χ4n) is 1.39. The summed E-state index contributed by atoms with van der Waals surface area (Å²) >= 11 is 2.98. The van der Waals surface area contributed by atoms with E-state index in [2.05, 4.69) is 15.9 Å². The van der Waals surface area contributed by atoms with Crippen LogP contribution < -0.4 is 0 Å². The normalized spacial score (nSPS) is 12.9. The second-order valence-corrected chi connectivity index (χ2v) is 6.37. The summed E-state index contributed by atoms with van der Waals surface area (Å²) in [6.07, 6.45) is -4.68. The van der Waals surface area contributed by atoms with Crippen molar-refractivity contribution in [3.05, 3.63) is 28.7 Å². The number of alkyl halides is 3. The van der Waals surface area contributed by atoms with Crippen molar-refractivity contribution in [1.29, 1.82) is 0 Å². The van der Waals surface area contributed by atoms with E-state index in [1.54, 1.807) is 6.07 Å². The van der Waals surface area contributed by atoms with Crippen molar-refractivity contribution in [2.75, 3.05) is 19.7 Å². The molecule has 0 bridgehead atoms. The highest BCUT2D eigenvalue weighted by atomic mass is 79.9. The second-order valence-electron chi connectivity index (χ2n) is 3.61. The summed E-state index contributed by atoms with van der Waals surface area (Å²) in [5.74, 6) is 0. The first-order chi connectivity index (χ1) is 8.68. The van der Waals surface area contributed by atoms with Crippen molar-refractivity contribution in [3.63, 3.8) is 0 Å². The van der Waals surface area contributed by atoms with Crippen LogP contribution in [0.15, 0.2) is 33.6 Å². The highest BCUT2D eigenvalue weighted by Crippen LogP contribution is 2.27. The first-order valence-electron chi connectivity index (χ1n) is 5.11. The minimum absolute atomic E-state index is 0.167. The standard InChI is InChI=1S/C10H11BrF3NO3S/c11-8-3-1-2-4-9(8)19(17,18)15(5-6-16)7-10(12,13)14/h1-4,16H,5-7H2. The zero-order valence-electron chi connectivity index (χ0n) is 9.56. The Morgan fingerprint density at radius 1 is 1.26 bits per heavy atom. The second kappa shape index (κ2) is 6.21.